The predicted molar refractivity (Wildman–Crippen MR) is 126 cm³/mol. The van der Waals surface area contributed by atoms with Crippen LogP contribution in [0.2, 0.25) is 0 Å². The molecule has 0 fully saturated rings. The standard InChI is InChI=1S/C26H27N3O4/c1-4-5-10-22-21(24(31)28-26-27-23(30)16(2)29(22)26)15-17-11-13-18(14-12-17)19-8-6-7-9-20(19)25(32)33-3/h6-9,11-14,16H,4-5,10,15H2,1-3H3,(H,27,28,30,31). The molecule has 0 aliphatic carbocycles. The minimum absolute atomic E-state index is 0.148. The van der Waals surface area contributed by atoms with E-state index in [1.807, 2.05) is 47.9 Å². The summed E-state index contributed by atoms with van der Waals surface area (Å²) in [5, 5.41) is 2.72. The summed E-state index contributed by atoms with van der Waals surface area (Å²) in [7, 11) is 1.37. The van der Waals surface area contributed by atoms with Gasteiger partial charge in [-0.05, 0) is 42.5 Å². The molecule has 0 saturated carbocycles. The number of rotatable bonds is 7. The van der Waals surface area contributed by atoms with Gasteiger partial charge in [-0.15, -0.1) is 0 Å². The lowest BCUT2D eigenvalue weighted by Crippen LogP contribution is -2.23. The van der Waals surface area contributed by atoms with E-state index in [0.29, 0.717) is 29.9 Å². The Bertz CT molecular complexity index is 1260. The molecule has 2 aromatic carbocycles. The highest BCUT2D eigenvalue weighted by molar-refractivity contribution is 5.97. The van der Waals surface area contributed by atoms with Crippen molar-refractivity contribution in [2.24, 2.45) is 0 Å². The number of nitrogens with zero attached hydrogens (tertiary/aromatic N) is 2. The molecule has 170 valence electrons. The summed E-state index contributed by atoms with van der Waals surface area (Å²) in [5.41, 5.74) is 4.33. The summed E-state index contributed by atoms with van der Waals surface area (Å²) in [6, 6.07) is 14.7. The van der Waals surface area contributed by atoms with Gasteiger partial charge in [0.25, 0.3) is 5.56 Å². The molecule has 1 aliphatic heterocycles. The number of hydrogen-bond acceptors (Lipinski definition) is 5. The molecular weight excluding hydrogens is 418 g/mol. The number of ether oxygens (including phenoxy) is 1. The number of anilines is 1. The molecular formula is C26H27N3O4. The van der Waals surface area contributed by atoms with E-state index in [2.05, 4.69) is 17.2 Å². The fourth-order valence-electron chi connectivity index (χ4n) is 4.27. The number of benzene rings is 2. The van der Waals surface area contributed by atoms with E-state index in [-0.39, 0.29) is 17.4 Å². The molecule has 1 amide bonds. The van der Waals surface area contributed by atoms with Gasteiger partial charge in [0.1, 0.15) is 6.04 Å². The number of carbonyl (C=O) groups excluding carboxylic acids is 2. The van der Waals surface area contributed by atoms with Crippen LogP contribution in [0.15, 0.2) is 53.3 Å². The third kappa shape index (κ3) is 4.31. The van der Waals surface area contributed by atoms with Crippen molar-refractivity contribution in [1.82, 2.24) is 9.55 Å². The van der Waals surface area contributed by atoms with Crippen molar-refractivity contribution in [3.8, 4) is 11.1 Å². The summed E-state index contributed by atoms with van der Waals surface area (Å²) in [6.07, 6.45) is 3.03. The average molecular weight is 446 g/mol. The smallest absolute Gasteiger partial charge is 0.338 e. The molecule has 0 spiro atoms. The first-order chi connectivity index (χ1) is 15.9. The number of amides is 1. The van der Waals surface area contributed by atoms with Crippen LogP contribution in [0.3, 0.4) is 0 Å². The molecule has 1 aromatic heterocycles. The van der Waals surface area contributed by atoms with Crippen LogP contribution in [-0.4, -0.2) is 28.5 Å². The number of unbranched alkanes of at least 4 members (excludes halogenated alkanes) is 1. The summed E-state index contributed by atoms with van der Waals surface area (Å²) in [6.45, 7) is 3.92. The molecule has 1 aliphatic rings. The first-order valence-electron chi connectivity index (χ1n) is 11.2. The van der Waals surface area contributed by atoms with E-state index >= 15 is 0 Å². The minimum atomic E-state index is -0.393. The average Bonchev–Trinajstić information content (AvgIpc) is 3.11. The lowest BCUT2D eigenvalue weighted by Gasteiger charge is -2.17. The van der Waals surface area contributed by atoms with Crippen LogP contribution in [0.25, 0.3) is 11.1 Å². The number of hydrogen-bond donors (Lipinski definition) is 1. The van der Waals surface area contributed by atoms with Gasteiger partial charge in [0, 0.05) is 17.7 Å². The van der Waals surface area contributed by atoms with Crippen molar-refractivity contribution in [2.75, 3.05) is 12.4 Å². The molecule has 2 heterocycles. The fourth-order valence-corrected chi connectivity index (χ4v) is 4.27. The Morgan fingerprint density at radius 2 is 1.85 bits per heavy atom. The monoisotopic (exact) mass is 445 g/mol. The zero-order chi connectivity index (χ0) is 23.5. The Labute approximate surface area is 192 Å². The SMILES string of the molecule is CCCCc1c(Cc2ccc(-c3ccccc3C(=O)OC)cc2)c(=O)nc2n1C(C)C(=O)N2. The van der Waals surface area contributed by atoms with Gasteiger partial charge in [0.2, 0.25) is 11.9 Å². The zero-order valence-corrected chi connectivity index (χ0v) is 19.1. The largest absolute Gasteiger partial charge is 0.465 e. The van der Waals surface area contributed by atoms with Crippen molar-refractivity contribution >= 4 is 17.8 Å². The molecule has 7 heteroatoms. The third-order valence-corrected chi connectivity index (χ3v) is 6.08. The van der Waals surface area contributed by atoms with Gasteiger partial charge in [-0.1, -0.05) is 55.8 Å². The lowest BCUT2D eigenvalue weighted by molar-refractivity contribution is -0.117. The predicted octanol–water partition coefficient (Wildman–Crippen LogP) is 4.14. The number of aromatic nitrogens is 2. The Kier molecular flexibility index (Phi) is 6.40. The molecule has 4 rings (SSSR count). The van der Waals surface area contributed by atoms with Crippen LogP contribution < -0.4 is 10.9 Å². The molecule has 1 atom stereocenters. The Hall–Kier alpha value is -3.74. The summed E-state index contributed by atoms with van der Waals surface area (Å²) in [4.78, 5) is 41.4. The summed E-state index contributed by atoms with van der Waals surface area (Å²) in [5.74, 6) is -0.197. The van der Waals surface area contributed by atoms with Crippen molar-refractivity contribution in [2.45, 2.75) is 45.6 Å². The number of carbonyl (C=O) groups is 2. The molecule has 0 radical (unpaired) electrons. The van der Waals surface area contributed by atoms with Crippen LogP contribution in [0, 0.1) is 0 Å². The van der Waals surface area contributed by atoms with E-state index in [4.69, 9.17) is 4.74 Å². The van der Waals surface area contributed by atoms with Gasteiger partial charge in [-0.2, -0.15) is 4.98 Å². The first-order valence-corrected chi connectivity index (χ1v) is 11.2. The molecule has 0 saturated heterocycles. The second-order valence-electron chi connectivity index (χ2n) is 8.22. The van der Waals surface area contributed by atoms with Crippen molar-refractivity contribution < 1.29 is 14.3 Å². The minimum Gasteiger partial charge on any atom is -0.465 e. The Balaban J connectivity index is 1.69. The van der Waals surface area contributed by atoms with Crippen LogP contribution in [-0.2, 0) is 22.4 Å². The third-order valence-electron chi connectivity index (χ3n) is 6.08. The highest BCUT2D eigenvalue weighted by Crippen LogP contribution is 2.28. The van der Waals surface area contributed by atoms with Crippen molar-refractivity contribution in [1.29, 1.82) is 0 Å². The Morgan fingerprint density at radius 1 is 1.12 bits per heavy atom. The van der Waals surface area contributed by atoms with Crippen LogP contribution in [0.4, 0.5) is 5.95 Å². The second kappa shape index (κ2) is 9.40. The topological polar surface area (TPSA) is 90.3 Å². The normalized spacial score (nSPS) is 14.6. The number of fused-ring (bicyclic) bond motifs is 1. The van der Waals surface area contributed by atoms with E-state index in [1.54, 1.807) is 12.1 Å². The van der Waals surface area contributed by atoms with E-state index in [1.165, 1.54) is 7.11 Å². The van der Waals surface area contributed by atoms with Gasteiger partial charge < -0.3 is 9.30 Å². The molecule has 3 aromatic rings. The maximum atomic E-state index is 12.9. The first kappa shape index (κ1) is 22.5. The summed E-state index contributed by atoms with van der Waals surface area (Å²) < 4.78 is 6.77. The molecule has 33 heavy (non-hydrogen) atoms. The van der Waals surface area contributed by atoms with Gasteiger partial charge in [-0.3, -0.25) is 14.9 Å². The van der Waals surface area contributed by atoms with Gasteiger partial charge in [0.05, 0.1) is 12.7 Å². The van der Waals surface area contributed by atoms with Crippen molar-refractivity contribution in [3.63, 3.8) is 0 Å². The lowest BCUT2D eigenvalue weighted by atomic mass is 9.96. The zero-order valence-electron chi connectivity index (χ0n) is 19.1. The van der Waals surface area contributed by atoms with E-state index in [9.17, 15) is 14.4 Å². The van der Waals surface area contributed by atoms with Crippen LogP contribution in [0.1, 0.15) is 59.9 Å². The fraction of sp³-hybridized carbons (Fsp3) is 0.308. The van der Waals surface area contributed by atoms with Gasteiger partial charge >= 0.3 is 5.97 Å². The summed E-state index contributed by atoms with van der Waals surface area (Å²) >= 11 is 0. The molecule has 7 nitrogen and oxygen atoms in total. The number of methoxy groups -OCH3 is 1. The van der Waals surface area contributed by atoms with E-state index < -0.39 is 6.04 Å². The van der Waals surface area contributed by atoms with Crippen LogP contribution >= 0.6 is 0 Å². The van der Waals surface area contributed by atoms with Gasteiger partial charge in [-0.25, -0.2) is 4.79 Å². The molecule has 1 N–H and O–H groups in total. The van der Waals surface area contributed by atoms with Gasteiger partial charge in [0.15, 0.2) is 0 Å². The Morgan fingerprint density at radius 3 is 2.55 bits per heavy atom. The molecule has 0 bridgehead atoms. The molecule has 1 unspecified atom stereocenters. The van der Waals surface area contributed by atoms with E-state index in [0.717, 1.165) is 35.2 Å². The maximum Gasteiger partial charge on any atom is 0.338 e. The highest BCUT2D eigenvalue weighted by Gasteiger charge is 2.31. The number of nitrogens with one attached hydrogen (secondary N) is 1. The number of esters is 1. The highest BCUT2D eigenvalue weighted by atomic mass is 16.5. The maximum absolute atomic E-state index is 12.9. The second-order valence-corrected chi connectivity index (χ2v) is 8.22. The van der Waals surface area contributed by atoms with Crippen molar-refractivity contribution in [3.05, 3.63) is 81.3 Å². The van der Waals surface area contributed by atoms with Crippen LogP contribution in [0.5, 0.6) is 0 Å². The quantitative estimate of drug-likeness (QED) is 0.552.